The standard InChI is InChI=1S/C25H26N4O3/c1-2-31-21-10-11-22-18(15-21)13-19(16-32-22)25(30)26-20-8-6-7-17(14-20)24-28-27-23-9-4-3-5-12-29(23)24/h6-8,10-11,13-15H,2-5,9,12,16H2,1H3,(H,26,30). The van der Waals surface area contributed by atoms with Crippen molar-refractivity contribution in [2.24, 2.45) is 0 Å². The molecule has 3 aromatic rings. The van der Waals surface area contributed by atoms with Crippen LogP contribution in [0.25, 0.3) is 17.5 Å². The van der Waals surface area contributed by atoms with Gasteiger partial charge in [-0.1, -0.05) is 18.6 Å². The first kappa shape index (κ1) is 20.3. The van der Waals surface area contributed by atoms with Crippen LogP contribution in [-0.2, 0) is 17.8 Å². The predicted molar refractivity (Wildman–Crippen MR) is 123 cm³/mol. The van der Waals surface area contributed by atoms with Crippen molar-refractivity contribution in [3.8, 4) is 22.9 Å². The maximum Gasteiger partial charge on any atom is 0.255 e. The molecule has 32 heavy (non-hydrogen) atoms. The number of nitrogens with zero attached hydrogens (tertiary/aromatic N) is 3. The minimum absolute atomic E-state index is 0.185. The van der Waals surface area contributed by atoms with Gasteiger partial charge in [0, 0.05) is 29.8 Å². The second kappa shape index (κ2) is 8.86. The molecule has 0 unspecified atom stereocenters. The number of fused-ring (bicyclic) bond motifs is 2. The minimum Gasteiger partial charge on any atom is -0.494 e. The lowest BCUT2D eigenvalue weighted by molar-refractivity contribution is -0.113. The average molecular weight is 431 g/mol. The molecule has 2 aliphatic rings. The molecule has 2 aliphatic heterocycles. The van der Waals surface area contributed by atoms with Crippen molar-refractivity contribution in [1.82, 2.24) is 14.8 Å². The van der Waals surface area contributed by atoms with E-state index in [-0.39, 0.29) is 12.5 Å². The van der Waals surface area contributed by atoms with Crippen LogP contribution >= 0.6 is 0 Å². The topological polar surface area (TPSA) is 78.3 Å². The molecule has 164 valence electrons. The van der Waals surface area contributed by atoms with E-state index in [9.17, 15) is 4.79 Å². The van der Waals surface area contributed by atoms with Gasteiger partial charge in [0.25, 0.3) is 5.91 Å². The first-order chi connectivity index (χ1) is 15.7. The lowest BCUT2D eigenvalue weighted by Gasteiger charge is -2.18. The number of hydrogen-bond donors (Lipinski definition) is 1. The number of rotatable bonds is 5. The van der Waals surface area contributed by atoms with Gasteiger partial charge in [0.05, 0.1) is 12.2 Å². The lowest BCUT2D eigenvalue weighted by atomic mass is 10.1. The summed E-state index contributed by atoms with van der Waals surface area (Å²) >= 11 is 0. The van der Waals surface area contributed by atoms with Crippen LogP contribution < -0.4 is 14.8 Å². The highest BCUT2D eigenvalue weighted by Crippen LogP contribution is 2.31. The Balaban J connectivity index is 1.36. The van der Waals surface area contributed by atoms with Crippen LogP contribution in [0.3, 0.4) is 0 Å². The fourth-order valence-electron chi connectivity index (χ4n) is 4.19. The summed E-state index contributed by atoms with van der Waals surface area (Å²) in [4.78, 5) is 12.9. The SMILES string of the molecule is CCOc1ccc2c(c1)C=C(C(=O)Nc1cccc(-c3nnc4n3CCCCC4)c1)CO2. The van der Waals surface area contributed by atoms with Gasteiger partial charge in [-0.3, -0.25) is 4.79 Å². The van der Waals surface area contributed by atoms with Gasteiger partial charge in [-0.05, 0) is 56.2 Å². The maximum atomic E-state index is 12.9. The van der Waals surface area contributed by atoms with Crippen LogP contribution in [0.15, 0.2) is 48.0 Å². The molecule has 0 spiro atoms. The number of ether oxygens (including phenoxy) is 2. The van der Waals surface area contributed by atoms with Crippen LogP contribution in [0.4, 0.5) is 5.69 Å². The zero-order chi connectivity index (χ0) is 21.9. The third kappa shape index (κ3) is 4.10. The number of hydrogen-bond acceptors (Lipinski definition) is 5. The Hall–Kier alpha value is -3.61. The molecule has 0 bridgehead atoms. The fraction of sp³-hybridized carbons (Fsp3) is 0.320. The molecular formula is C25H26N4O3. The Bertz CT molecular complexity index is 1180. The molecule has 7 heteroatoms. The predicted octanol–water partition coefficient (Wildman–Crippen LogP) is 4.48. The molecule has 1 N–H and O–H groups in total. The monoisotopic (exact) mass is 430 g/mol. The van der Waals surface area contributed by atoms with E-state index in [0.29, 0.717) is 17.9 Å². The molecule has 1 amide bonds. The molecule has 1 aromatic heterocycles. The third-order valence-corrected chi connectivity index (χ3v) is 5.78. The van der Waals surface area contributed by atoms with E-state index >= 15 is 0 Å². The zero-order valence-electron chi connectivity index (χ0n) is 18.1. The van der Waals surface area contributed by atoms with Gasteiger partial charge in [0.15, 0.2) is 5.82 Å². The molecule has 0 fully saturated rings. The molecule has 0 radical (unpaired) electrons. The summed E-state index contributed by atoms with van der Waals surface area (Å²) in [5.74, 6) is 3.22. The summed E-state index contributed by atoms with van der Waals surface area (Å²) in [5, 5.41) is 11.8. The normalized spacial score (nSPS) is 15.0. The van der Waals surface area contributed by atoms with E-state index in [1.807, 2.05) is 55.5 Å². The van der Waals surface area contributed by atoms with Crippen LogP contribution in [0.1, 0.15) is 37.6 Å². The van der Waals surface area contributed by atoms with Crippen LogP contribution in [-0.4, -0.2) is 33.9 Å². The number of aryl methyl sites for hydroxylation is 1. The van der Waals surface area contributed by atoms with Crippen LogP contribution in [0.5, 0.6) is 11.5 Å². The molecule has 2 aromatic carbocycles. The van der Waals surface area contributed by atoms with E-state index < -0.39 is 0 Å². The molecule has 0 saturated heterocycles. The summed E-state index contributed by atoms with van der Waals surface area (Å²) in [6.07, 6.45) is 6.32. The summed E-state index contributed by atoms with van der Waals surface area (Å²) in [6, 6.07) is 13.4. The molecular weight excluding hydrogens is 404 g/mol. The van der Waals surface area contributed by atoms with Crippen molar-refractivity contribution in [3.05, 3.63) is 59.4 Å². The first-order valence-electron chi connectivity index (χ1n) is 11.2. The number of carbonyl (C=O) groups excluding carboxylic acids is 1. The van der Waals surface area contributed by atoms with Crippen molar-refractivity contribution in [3.63, 3.8) is 0 Å². The molecule has 3 heterocycles. The Kier molecular flexibility index (Phi) is 5.62. The largest absolute Gasteiger partial charge is 0.494 e. The summed E-state index contributed by atoms with van der Waals surface area (Å²) in [6.45, 7) is 3.68. The highest BCUT2D eigenvalue weighted by atomic mass is 16.5. The van der Waals surface area contributed by atoms with Crippen LogP contribution in [0.2, 0.25) is 0 Å². The molecule has 5 rings (SSSR count). The number of carbonyl (C=O) groups is 1. The van der Waals surface area contributed by atoms with E-state index in [0.717, 1.165) is 60.1 Å². The Labute approximate surface area is 187 Å². The molecule has 7 nitrogen and oxygen atoms in total. The van der Waals surface area contributed by atoms with Crippen molar-refractivity contribution in [1.29, 1.82) is 0 Å². The van der Waals surface area contributed by atoms with Gasteiger partial charge < -0.3 is 19.4 Å². The third-order valence-electron chi connectivity index (χ3n) is 5.78. The second-order valence-electron chi connectivity index (χ2n) is 8.03. The number of anilines is 1. The zero-order valence-corrected chi connectivity index (χ0v) is 18.1. The number of aromatic nitrogens is 3. The van der Waals surface area contributed by atoms with E-state index in [2.05, 4.69) is 20.1 Å². The number of nitrogens with one attached hydrogen (secondary N) is 1. The summed E-state index contributed by atoms with van der Waals surface area (Å²) in [5.41, 5.74) is 3.07. The summed E-state index contributed by atoms with van der Waals surface area (Å²) < 4.78 is 13.5. The van der Waals surface area contributed by atoms with Gasteiger partial charge in [-0.15, -0.1) is 10.2 Å². The summed E-state index contributed by atoms with van der Waals surface area (Å²) in [7, 11) is 0. The van der Waals surface area contributed by atoms with Crippen molar-refractivity contribution < 1.29 is 14.3 Å². The fourth-order valence-corrected chi connectivity index (χ4v) is 4.19. The smallest absolute Gasteiger partial charge is 0.255 e. The highest BCUT2D eigenvalue weighted by Gasteiger charge is 2.19. The van der Waals surface area contributed by atoms with E-state index in [4.69, 9.17) is 9.47 Å². The quantitative estimate of drug-likeness (QED) is 0.646. The lowest BCUT2D eigenvalue weighted by Crippen LogP contribution is -2.21. The Morgan fingerprint density at radius 1 is 1.16 bits per heavy atom. The van der Waals surface area contributed by atoms with Gasteiger partial charge in [0.2, 0.25) is 0 Å². The number of benzene rings is 2. The van der Waals surface area contributed by atoms with Crippen LogP contribution in [0, 0.1) is 0 Å². The molecule has 0 atom stereocenters. The average Bonchev–Trinajstić information content (AvgIpc) is 3.07. The van der Waals surface area contributed by atoms with E-state index in [1.165, 1.54) is 6.42 Å². The van der Waals surface area contributed by atoms with Crippen molar-refractivity contribution in [2.45, 2.75) is 39.2 Å². The van der Waals surface area contributed by atoms with Gasteiger partial charge in [-0.2, -0.15) is 0 Å². The highest BCUT2D eigenvalue weighted by molar-refractivity contribution is 6.07. The Morgan fingerprint density at radius 3 is 3.00 bits per heavy atom. The number of amides is 1. The van der Waals surface area contributed by atoms with Crippen molar-refractivity contribution in [2.75, 3.05) is 18.5 Å². The Morgan fingerprint density at radius 2 is 2.09 bits per heavy atom. The van der Waals surface area contributed by atoms with Gasteiger partial charge in [-0.25, -0.2) is 0 Å². The molecule has 0 saturated carbocycles. The van der Waals surface area contributed by atoms with E-state index in [1.54, 1.807) is 0 Å². The second-order valence-corrected chi connectivity index (χ2v) is 8.03. The van der Waals surface area contributed by atoms with Crippen molar-refractivity contribution >= 4 is 17.7 Å². The minimum atomic E-state index is -0.185. The molecule has 0 aliphatic carbocycles. The van der Waals surface area contributed by atoms with Gasteiger partial charge in [0.1, 0.15) is 23.9 Å². The van der Waals surface area contributed by atoms with Gasteiger partial charge >= 0.3 is 0 Å². The first-order valence-corrected chi connectivity index (χ1v) is 11.2. The maximum absolute atomic E-state index is 12.9.